The van der Waals surface area contributed by atoms with E-state index < -0.39 is 11.2 Å². The quantitative estimate of drug-likeness (QED) is 0.133. The number of aryl methyl sites for hydroxylation is 1. The number of amidine groups is 1. The molecule has 4 N–H and O–H groups in total. The van der Waals surface area contributed by atoms with Gasteiger partial charge < -0.3 is 10.7 Å². The third-order valence-corrected chi connectivity index (χ3v) is 8.63. The zero-order valence-corrected chi connectivity index (χ0v) is 26.3. The molecule has 8 heteroatoms. The van der Waals surface area contributed by atoms with Gasteiger partial charge in [0, 0.05) is 11.9 Å². The van der Waals surface area contributed by atoms with E-state index in [-0.39, 0.29) is 21.5 Å². The molecule has 1 spiro atoms. The topological polar surface area (TPSA) is 100 Å². The van der Waals surface area contributed by atoms with Gasteiger partial charge in [0.2, 0.25) is 0 Å². The first-order valence-electron chi connectivity index (χ1n) is 15.2. The third kappa shape index (κ3) is 6.77. The van der Waals surface area contributed by atoms with Gasteiger partial charge in [-0.2, -0.15) is 0 Å². The Morgan fingerprint density at radius 3 is 2.49 bits per heavy atom. The van der Waals surface area contributed by atoms with E-state index in [4.69, 9.17) is 22.7 Å². The number of nitrogens with two attached hydrogens (primary N) is 1. The van der Waals surface area contributed by atoms with Crippen LogP contribution in [0.1, 0.15) is 104 Å². The van der Waals surface area contributed by atoms with Crippen molar-refractivity contribution in [2.45, 2.75) is 105 Å². The van der Waals surface area contributed by atoms with Crippen LogP contribution in [0.2, 0.25) is 5.02 Å². The lowest BCUT2D eigenvalue weighted by Gasteiger charge is -2.48. The third-order valence-electron chi connectivity index (χ3n) is 8.34. The molecule has 0 amide bonds. The maximum atomic E-state index is 14.6. The van der Waals surface area contributed by atoms with Crippen LogP contribution >= 0.6 is 11.6 Å². The summed E-state index contributed by atoms with van der Waals surface area (Å²) in [6, 6.07) is 7.60. The summed E-state index contributed by atoms with van der Waals surface area (Å²) in [6.45, 7) is 12.6. The largest absolute Gasteiger partial charge is 0.386 e. The number of halogens is 2. The minimum Gasteiger partial charge on any atom is -0.386 e. The Hall–Kier alpha value is -2.93. The second-order valence-corrected chi connectivity index (χ2v) is 12.1. The smallest absolute Gasteiger partial charge is 0.279 e. The van der Waals surface area contributed by atoms with Crippen LogP contribution in [-0.4, -0.2) is 21.7 Å². The SMILES string of the molecule is CC.CCCCCC(C)C.CCc1[nH]c2c(=O)n(-c3cccc(C4(C(N)=NC=N)CC5(CC5)C4)c3)cc(Cl)c2c1F. The first-order valence-corrected chi connectivity index (χ1v) is 15.5. The molecular formula is C33H47ClFN5O. The van der Waals surface area contributed by atoms with Gasteiger partial charge in [-0.15, -0.1) is 0 Å². The fourth-order valence-corrected chi connectivity index (χ4v) is 6.22. The monoisotopic (exact) mass is 583 g/mol. The molecule has 224 valence electrons. The van der Waals surface area contributed by atoms with Crippen LogP contribution in [0.25, 0.3) is 16.6 Å². The minimum absolute atomic E-state index is 0.129. The Morgan fingerprint density at radius 1 is 1.24 bits per heavy atom. The number of H-pyrrole nitrogens is 1. The summed E-state index contributed by atoms with van der Waals surface area (Å²) in [4.78, 5) is 20.2. The minimum atomic E-state index is -0.473. The van der Waals surface area contributed by atoms with Crippen molar-refractivity contribution < 1.29 is 4.39 Å². The first kappa shape index (κ1) is 32.6. The molecule has 0 unspecified atom stereocenters. The van der Waals surface area contributed by atoms with Gasteiger partial charge in [-0.3, -0.25) is 14.8 Å². The highest BCUT2D eigenvalue weighted by atomic mass is 35.5. The van der Waals surface area contributed by atoms with E-state index in [1.165, 1.54) is 49.3 Å². The van der Waals surface area contributed by atoms with E-state index >= 15 is 0 Å². The highest BCUT2D eigenvalue weighted by molar-refractivity contribution is 6.35. The van der Waals surface area contributed by atoms with Crippen LogP contribution in [0, 0.1) is 22.6 Å². The molecule has 2 heterocycles. The van der Waals surface area contributed by atoms with Crippen molar-refractivity contribution >= 4 is 34.7 Å². The maximum Gasteiger partial charge on any atom is 0.279 e. The van der Waals surface area contributed by atoms with Gasteiger partial charge in [0.1, 0.15) is 17.7 Å². The summed E-state index contributed by atoms with van der Waals surface area (Å²) in [7, 11) is 0. The first-order chi connectivity index (χ1) is 19.6. The second kappa shape index (κ2) is 13.8. The summed E-state index contributed by atoms with van der Waals surface area (Å²) < 4.78 is 16.0. The average molecular weight is 584 g/mol. The molecule has 5 rings (SSSR count). The number of hydrogen-bond acceptors (Lipinski definition) is 2. The van der Waals surface area contributed by atoms with E-state index in [1.54, 1.807) is 0 Å². The molecule has 0 radical (unpaired) electrons. The number of benzene rings is 1. The van der Waals surface area contributed by atoms with Crippen molar-refractivity contribution in [1.29, 1.82) is 5.41 Å². The van der Waals surface area contributed by atoms with Gasteiger partial charge in [0.05, 0.1) is 21.5 Å². The summed E-state index contributed by atoms with van der Waals surface area (Å²) in [6.07, 6.45) is 12.6. The lowest BCUT2D eigenvalue weighted by Crippen LogP contribution is -2.52. The molecule has 1 aromatic carbocycles. The zero-order chi connectivity index (χ0) is 30.4. The van der Waals surface area contributed by atoms with Gasteiger partial charge in [-0.1, -0.05) is 91.0 Å². The number of pyridine rings is 1. The Bertz CT molecular complexity index is 1430. The van der Waals surface area contributed by atoms with Gasteiger partial charge in [-0.05, 0) is 61.1 Å². The number of unbranched alkanes of at least 4 members (excludes halogenated alkanes) is 2. The molecule has 2 aromatic heterocycles. The molecule has 2 aliphatic rings. The summed E-state index contributed by atoms with van der Waals surface area (Å²) in [5.41, 5.74) is 7.97. The lowest BCUT2D eigenvalue weighted by molar-refractivity contribution is 0.183. The van der Waals surface area contributed by atoms with E-state index in [0.717, 1.165) is 30.7 Å². The number of hydrogen-bond donors (Lipinski definition) is 3. The number of nitrogens with zero attached hydrogens (tertiary/aromatic N) is 2. The van der Waals surface area contributed by atoms with Gasteiger partial charge >= 0.3 is 0 Å². The van der Waals surface area contributed by atoms with E-state index in [9.17, 15) is 9.18 Å². The molecular weight excluding hydrogens is 537 g/mol. The van der Waals surface area contributed by atoms with Crippen molar-refractivity contribution in [3.63, 3.8) is 0 Å². The lowest BCUT2D eigenvalue weighted by atomic mass is 9.55. The van der Waals surface area contributed by atoms with Gasteiger partial charge in [-0.25, -0.2) is 9.38 Å². The predicted octanol–water partition coefficient (Wildman–Crippen LogP) is 8.70. The van der Waals surface area contributed by atoms with Crippen molar-refractivity contribution in [3.8, 4) is 5.69 Å². The number of aromatic amines is 1. The standard InChI is InChI=1S/C23H23ClFN5O.C8H18.C2H6/c1-2-16-18(25)17-15(24)9-30(20(31)19(17)29-16)14-5-3-4-13(8-14)23(21(27)28-12-26)10-22(11-23)6-7-22;1-4-5-6-7-8(2)3;1-2/h3-5,8-9,12,29H,2,6-7,10-11H2,1H3,(H3,26,27,28);8H,4-7H2,1-3H3;1-2H3. The molecule has 3 aromatic rings. The summed E-state index contributed by atoms with van der Waals surface area (Å²) in [5, 5.41) is 7.65. The van der Waals surface area contributed by atoms with Crippen LogP contribution < -0.4 is 11.3 Å². The number of aliphatic imine (C=N–C) groups is 1. The normalized spacial score (nSPS) is 16.5. The average Bonchev–Trinajstić information content (AvgIpc) is 3.67. The molecule has 41 heavy (non-hydrogen) atoms. The molecule has 2 aliphatic carbocycles. The number of fused-ring (bicyclic) bond motifs is 1. The van der Waals surface area contributed by atoms with Crippen molar-refractivity contribution in [2.24, 2.45) is 22.1 Å². The van der Waals surface area contributed by atoms with Gasteiger partial charge in [0.15, 0.2) is 5.82 Å². The van der Waals surface area contributed by atoms with Crippen LogP contribution in [0.15, 0.2) is 40.2 Å². The number of rotatable bonds is 9. The fourth-order valence-electron chi connectivity index (χ4n) is 5.95. The van der Waals surface area contributed by atoms with Crippen LogP contribution in [-0.2, 0) is 11.8 Å². The van der Waals surface area contributed by atoms with Crippen molar-refractivity contribution in [1.82, 2.24) is 9.55 Å². The molecule has 0 bridgehead atoms. The Balaban J connectivity index is 0.000000402. The highest BCUT2D eigenvalue weighted by Gasteiger charge is 2.63. The molecule has 0 aliphatic heterocycles. The van der Waals surface area contributed by atoms with E-state index in [0.29, 0.717) is 29.1 Å². The van der Waals surface area contributed by atoms with Gasteiger partial charge in [0.25, 0.3) is 5.56 Å². The summed E-state index contributed by atoms with van der Waals surface area (Å²) in [5.74, 6) is 0.859. The van der Waals surface area contributed by atoms with Crippen molar-refractivity contribution in [3.05, 3.63) is 62.9 Å². The molecule has 0 atom stereocenters. The fraction of sp³-hybridized carbons (Fsp3) is 0.545. The zero-order valence-electron chi connectivity index (χ0n) is 25.5. The Morgan fingerprint density at radius 2 is 1.93 bits per heavy atom. The Kier molecular flexibility index (Phi) is 11.0. The molecule has 2 saturated carbocycles. The second-order valence-electron chi connectivity index (χ2n) is 11.7. The van der Waals surface area contributed by atoms with E-state index in [1.807, 2.05) is 45.0 Å². The number of aromatic nitrogens is 2. The maximum absolute atomic E-state index is 14.6. The molecule has 2 fully saturated rings. The van der Waals surface area contributed by atoms with E-state index in [2.05, 4.69) is 30.7 Å². The summed E-state index contributed by atoms with van der Waals surface area (Å²) >= 11 is 6.38. The Labute approximate surface area is 249 Å². The van der Waals surface area contributed by atoms with Crippen LogP contribution in [0.3, 0.4) is 0 Å². The van der Waals surface area contributed by atoms with Crippen molar-refractivity contribution in [2.75, 3.05) is 0 Å². The molecule has 0 saturated heterocycles. The number of nitrogens with one attached hydrogen (secondary N) is 2. The highest BCUT2D eigenvalue weighted by Crippen LogP contribution is 2.69. The van der Waals surface area contributed by atoms with Crippen LogP contribution in [0.5, 0.6) is 0 Å². The van der Waals surface area contributed by atoms with Crippen LogP contribution in [0.4, 0.5) is 4.39 Å². The molecule has 6 nitrogen and oxygen atoms in total. The predicted molar refractivity (Wildman–Crippen MR) is 172 cm³/mol.